The van der Waals surface area contributed by atoms with E-state index in [1.54, 1.807) is 0 Å². The molecule has 0 saturated carbocycles. The highest BCUT2D eigenvalue weighted by molar-refractivity contribution is 5.58. The van der Waals surface area contributed by atoms with Crippen LogP contribution in [-0.2, 0) is 4.74 Å². The van der Waals surface area contributed by atoms with Crippen molar-refractivity contribution in [2.75, 3.05) is 32.2 Å². The molecule has 0 radical (unpaired) electrons. The summed E-state index contributed by atoms with van der Waals surface area (Å²) in [5, 5.41) is 23.7. The Kier molecular flexibility index (Phi) is 4.35. The van der Waals surface area contributed by atoms with Crippen LogP contribution in [0.5, 0.6) is 5.88 Å². The number of pyridine rings is 1. The van der Waals surface area contributed by atoms with E-state index in [9.17, 15) is 15.2 Å². The Morgan fingerprint density at radius 1 is 1.55 bits per heavy atom. The van der Waals surface area contributed by atoms with Gasteiger partial charge in [0, 0.05) is 25.3 Å². The van der Waals surface area contributed by atoms with Gasteiger partial charge in [-0.05, 0) is 12.8 Å². The Labute approximate surface area is 115 Å². The van der Waals surface area contributed by atoms with Gasteiger partial charge in [0.15, 0.2) is 0 Å². The molecular weight excluding hydrogens is 266 g/mol. The Bertz CT molecular complexity index is 488. The van der Waals surface area contributed by atoms with Gasteiger partial charge in [-0.2, -0.15) is 4.98 Å². The molecule has 8 heteroatoms. The van der Waals surface area contributed by atoms with Crippen molar-refractivity contribution in [3.05, 3.63) is 22.2 Å². The number of rotatable bonds is 5. The molecule has 0 amide bonds. The van der Waals surface area contributed by atoms with Crippen molar-refractivity contribution >= 4 is 11.5 Å². The number of aliphatic hydroxyl groups is 1. The average Bonchev–Trinajstić information content (AvgIpc) is 2.47. The maximum absolute atomic E-state index is 11.1. The predicted octanol–water partition coefficient (Wildman–Crippen LogP) is 0.952. The van der Waals surface area contributed by atoms with Crippen molar-refractivity contribution in [3.8, 4) is 5.88 Å². The fourth-order valence-electron chi connectivity index (χ4n) is 2.12. The second-order valence-electron chi connectivity index (χ2n) is 4.65. The van der Waals surface area contributed by atoms with E-state index < -0.39 is 10.5 Å². The third-order valence-electron chi connectivity index (χ3n) is 3.39. The number of aromatic nitrogens is 1. The van der Waals surface area contributed by atoms with Gasteiger partial charge in [0.1, 0.15) is 0 Å². The summed E-state index contributed by atoms with van der Waals surface area (Å²) in [5.41, 5.74) is -0.798. The molecule has 1 fully saturated rings. The van der Waals surface area contributed by atoms with E-state index in [4.69, 9.17) is 9.47 Å². The number of hydrogen-bond donors (Lipinski definition) is 2. The van der Waals surface area contributed by atoms with E-state index in [0.717, 1.165) is 0 Å². The molecule has 2 heterocycles. The SMILES string of the molecule is COc1ccc([N+](=O)[O-])c(NC2(CO)CCOCC2)n1. The van der Waals surface area contributed by atoms with E-state index in [-0.39, 0.29) is 24.0 Å². The number of hydrogen-bond acceptors (Lipinski definition) is 7. The molecular formula is C12H17N3O5. The molecule has 1 aliphatic rings. The van der Waals surface area contributed by atoms with Gasteiger partial charge >= 0.3 is 5.69 Å². The number of aliphatic hydroxyl groups excluding tert-OH is 1. The number of anilines is 1. The molecule has 0 unspecified atom stereocenters. The highest BCUT2D eigenvalue weighted by atomic mass is 16.6. The summed E-state index contributed by atoms with van der Waals surface area (Å²) in [6.45, 7) is 0.836. The number of ether oxygens (including phenoxy) is 2. The van der Waals surface area contributed by atoms with E-state index in [1.165, 1.54) is 19.2 Å². The topological polar surface area (TPSA) is 107 Å². The second-order valence-corrected chi connectivity index (χ2v) is 4.65. The summed E-state index contributed by atoms with van der Waals surface area (Å²) in [7, 11) is 1.44. The van der Waals surface area contributed by atoms with Crippen LogP contribution in [0.25, 0.3) is 0 Å². The first kappa shape index (κ1) is 14.5. The van der Waals surface area contributed by atoms with Crippen molar-refractivity contribution < 1.29 is 19.5 Å². The molecule has 2 N–H and O–H groups in total. The first-order chi connectivity index (χ1) is 9.60. The van der Waals surface area contributed by atoms with E-state index >= 15 is 0 Å². The summed E-state index contributed by atoms with van der Waals surface area (Å²) >= 11 is 0. The zero-order valence-electron chi connectivity index (χ0n) is 11.2. The van der Waals surface area contributed by atoms with Crippen LogP contribution in [0.3, 0.4) is 0 Å². The zero-order valence-corrected chi connectivity index (χ0v) is 11.2. The zero-order chi connectivity index (χ0) is 14.6. The average molecular weight is 283 g/mol. The molecule has 1 aromatic rings. The van der Waals surface area contributed by atoms with Gasteiger partial charge in [-0.15, -0.1) is 0 Å². The lowest BCUT2D eigenvalue weighted by molar-refractivity contribution is -0.384. The lowest BCUT2D eigenvalue weighted by Crippen LogP contribution is -2.47. The second kappa shape index (κ2) is 6.02. The number of methoxy groups -OCH3 is 1. The molecule has 8 nitrogen and oxygen atoms in total. The molecule has 0 spiro atoms. The van der Waals surface area contributed by atoms with Crippen molar-refractivity contribution in [3.63, 3.8) is 0 Å². The summed E-state index contributed by atoms with van der Waals surface area (Å²) in [6.07, 6.45) is 1.11. The number of nitro groups is 1. The van der Waals surface area contributed by atoms with Crippen LogP contribution in [0, 0.1) is 10.1 Å². The summed E-state index contributed by atoms with van der Waals surface area (Å²) in [5.74, 6) is 0.378. The highest BCUT2D eigenvalue weighted by Crippen LogP contribution is 2.31. The molecule has 110 valence electrons. The van der Waals surface area contributed by atoms with Crippen molar-refractivity contribution in [2.45, 2.75) is 18.4 Å². The van der Waals surface area contributed by atoms with Crippen LogP contribution < -0.4 is 10.1 Å². The standard InChI is InChI=1S/C12H17N3O5/c1-19-10-3-2-9(15(17)18)11(13-10)14-12(8-16)4-6-20-7-5-12/h2-3,16H,4-8H2,1H3,(H,13,14). The fraction of sp³-hybridized carbons (Fsp3) is 0.583. The number of nitrogens with zero attached hydrogens (tertiary/aromatic N) is 2. The van der Waals surface area contributed by atoms with Gasteiger partial charge in [0.25, 0.3) is 0 Å². The largest absolute Gasteiger partial charge is 0.481 e. The highest BCUT2D eigenvalue weighted by Gasteiger charge is 2.34. The van der Waals surface area contributed by atoms with E-state index in [1.807, 2.05) is 0 Å². The molecule has 20 heavy (non-hydrogen) atoms. The Morgan fingerprint density at radius 3 is 2.80 bits per heavy atom. The summed E-state index contributed by atoms with van der Waals surface area (Å²) in [4.78, 5) is 14.6. The van der Waals surface area contributed by atoms with Crippen LogP contribution in [0.4, 0.5) is 11.5 Å². The van der Waals surface area contributed by atoms with Crippen molar-refractivity contribution in [1.29, 1.82) is 0 Å². The summed E-state index contributed by atoms with van der Waals surface area (Å²) in [6, 6.07) is 2.76. The summed E-state index contributed by atoms with van der Waals surface area (Å²) < 4.78 is 10.2. The van der Waals surface area contributed by atoms with Crippen LogP contribution in [-0.4, -0.2) is 47.5 Å². The lowest BCUT2D eigenvalue weighted by atomic mass is 9.91. The third-order valence-corrected chi connectivity index (χ3v) is 3.39. The lowest BCUT2D eigenvalue weighted by Gasteiger charge is -2.36. The van der Waals surface area contributed by atoms with Gasteiger partial charge in [-0.3, -0.25) is 10.1 Å². The Morgan fingerprint density at radius 2 is 2.25 bits per heavy atom. The predicted molar refractivity (Wildman–Crippen MR) is 70.9 cm³/mol. The number of nitrogens with one attached hydrogen (secondary N) is 1. The Balaban J connectivity index is 2.32. The Hall–Kier alpha value is -1.93. The van der Waals surface area contributed by atoms with Crippen molar-refractivity contribution in [1.82, 2.24) is 4.98 Å². The fourth-order valence-corrected chi connectivity index (χ4v) is 2.12. The monoisotopic (exact) mass is 283 g/mol. The smallest absolute Gasteiger partial charge is 0.311 e. The third kappa shape index (κ3) is 2.97. The first-order valence-electron chi connectivity index (χ1n) is 6.26. The van der Waals surface area contributed by atoms with E-state index in [2.05, 4.69) is 10.3 Å². The quantitative estimate of drug-likeness (QED) is 0.612. The first-order valence-corrected chi connectivity index (χ1v) is 6.26. The van der Waals surface area contributed by atoms with Gasteiger partial charge in [0.05, 0.1) is 24.2 Å². The molecule has 1 aromatic heterocycles. The van der Waals surface area contributed by atoms with Gasteiger partial charge in [-0.1, -0.05) is 0 Å². The van der Waals surface area contributed by atoms with Crippen LogP contribution in [0.2, 0.25) is 0 Å². The van der Waals surface area contributed by atoms with E-state index in [0.29, 0.717) is 26.1 Å². The van der Waals surface area contributed by atoms with Crippen LogP contribution in [0.15, 0.2) is 12.1 Å². The van der Waals surface area contributed by atoms with Crippen LogP contribution in [0.1, 0.15) is 12.8 Å². The molecule has 0 aliphatic carbocycles. The molecule has 1 aliphatic heterocycles. The maximum atomic E-state index is 11.1. The molecule has 2 rings (SSSR count). The molecule has 1 saturated heterocycles. The normalized spacial score (nSPS) is 17.5. The van der Waals surface area contributed by atoms with Crippen molar-refractivity contribution in [2.24, 2.45) is 0 Å². The van der Waals surface area contributed by atoms with Gasteiger partial charge in [-0.25, -0.2) is 0 Å². The minimum atomic E-state index is -0.650. The molecule has 0 bridgehead atoms. The molecule has 0 atom stereocenters. The van der Waals surface area contributed by atoms with Crippen LogP contribution >= 0.6 is 0 Å². The minimum absolute atomic E-state index is 0.102. The minimum Gasteiger partial charge on any atom is -0.481 e. The maximum Gasteiger partial charge on any atom is 0.311 e. The van der Waals surface area contributed by atoms with Gasteiger partial charge < -0.3 is 19.9 Å². The van der Waals surface area contributed by atoms with Gasteiger partial charge in [0.2, 0.25) is 11.7 Å². The molecule has 0 aromatic carbocycles.